The van der Waals surface area contributed by atoms with E-state index in [9.17, 15) is 18.3 Å². The van der Waals surface area contributed by atoms with Crippen LogP contribution in [0, 0.1) is 0 Å². The van der Waals surface area contributed by atoms with Gasteiger partial charge in [-0.2, -0.15) is 4.72 Å². The number of esters is 1. The van der Waals surface area contributed by atoms with Crippen molar-refractivity contribution in [1.82, 2.24) is 9.71 Å². The number of aromatic nitrogens is 1. The van der Waals surface area contributed by atoms with Crippen molar-refractivity contribution in [2.24, 2.45) is 0 Å². The van der Waals surface area contributed by atoms with Gasteiger partial charge < -0.3 is 14.3 Å². The molecule has 1 unspecified atom stereocenters. The van der Waals surface area contributed by atoms with Gasteiger partial charge in [-0.1, -0.05) is 34.1 Å². The molecular formula is C19H17BrN2O6S. The number of benzene rings is 2. The van der Waals surface area contributed by atoms with Gasteiger partial charge in [0.25, 0.3) is 0 Å². The molecule has 29 heavy (non-hydrogen) atoms. The number of carbonyl (C=O) groups excluding carboxylic acids is 1. The molecule has 0 amide bonds. The van der Waals surface area contributed by atoms with E-state index in [-0.39, 0.29) is 11.5 Å². The van der Waals surface area contributed by atoms with E-state index in [4.69, 9.17) is 9.15 Å². The third-order valence-electron chi connectivity index (χ3n) is 3.82. The summed E-state index contributed by atoms with van der Waals surface area (Å²) in [5.74, 6) is -0.566. The smallest absolute Gasteiger partial charge is 0.326 e. The number of carbonyl (C=O) groups is 1. The Morgan fingerprint density at radius 3 is 2.52 bits per heavy atom. The second-order valence-electron chi connectivity index (χ2n) is 5.93. The number of hydrogen-bond acceptors (Lipinski definition) is 7. The first-order valence-electron chi connectivity index (χ1n) is 8.44. The zero-order valence-corrected chi connectivity index (χ0v) is 17.4. The van der Waals surface area contributed by atoms with Gasteiger partial charge in [0.15, 0.2) is 0 Å². The van der Waals surface area contributed by atoms with E-state index in [2.05, 4.69) is 25.6 Å². The number of hydrogen-bond donors (Lipinski definition) is 2. The van der Waals surface area contributed by atoms with Gasteiger partial charge in [-0.25, -0.2) is 13.4 Å². The number of aliphatic hydroxyl groups is 1. The predicted molar refractivity (Wildman–Crippen MR) is 107 cm³/mol. The number of nitrogens with zero attached hydrogens (tertiary/aromatic N) is 1. The number of sulfonamides is 1. The van der Waals surface area contributed by atoms with Crippen LogP contribution in [0.25, 0.3) is 11.5 Å². The molecule has 0 bridgehead atoms. The molecule has 1 aromatic heterocycles. The first kappa shape index (κ1) is 21.2. The lowest BCUT2D eigenvalue weighted by atomic mass is 10.2. The molecule has 0 aliphatic rings. The van der Waals surface area contributed by atoms with Crippen molar-refractivity contribution in [3.05, 3.63) is 71.0 Å². The molecule has 0 aliphatic carbocycles. The molecule has 3 rings (SSSR count). The van der Waals surface area contributed by atoms with Crippen LogP contribution in [0.5, 0.6) is 0 Å². The van der Waals surface area contributed by atoms with Crippen molar-refractivity contribution in [1.29, 1.82) is 0 Å². The van der Waals surface area contributed by atoms with E-state index in [1.165, 1.54) is 18.4 Å². The minimum Gasteiger partial charge on any atom is -0.458 e. The molecule has 1 atom stereocenters. The summed E-state index contributed by atoms with van der Waals surface area (Å²) in [6.45, 7) is -0.992. The normalized spacial score (nSPS) is 12.5. The molecule has 8 nitrogen and oxygen atoms in total. The second-order valence-corrected chi connectivity index (χ2v) is 8.56. The maximum absolute atomic E-state index is 12.4. The Kier molecular flexibility index (Phi) is 6.80. The Labute approximate surface area is 175 Å². The standard InChI is InChI=1S/C19H17BrN2O6S/c20-14-6-8-16(9-7-14)29(25,26)22-17(10-23)19(24)28-12-15-11-27-18(21-15)13-4-2-1-3-5-13/h1-9,11,17,22-23H,10,12H2. The summed E-state index contributed by atoms with van der Waals surface area (Å²) in [5.41, 5.74) is 1.12. The Morgan fingerprint density at radius 1 is 1.17 bits per heavy atom. The molecule has 0 radical (unpaired) electrons. The van der Waals surface area contributed by atoms with Crippen molar-refractivity contribution in [3.8, 4) is 11.5 Å². The van der Waals surface area contributed by atoms with Gasteiger partial charge in [0, 0.05) is 10.0 Å². The van der Waals surface area contributed by atoms with E-state index in [0.29, 0.717) is 16.1 Å². The summed E-state index contributed by atoms with van der Waals surface area (Å²) < 4.78 is 38.0. The zero-order chi connectivity index (χ0) is 20.9. The molecule has 152 valence electrons. The molecule has 0 aliphatic heterocycles. The van der Waals surface area contributed by atoms with Gasteiger partial charge in [-0.15, -0.1) is 0 Å². The molecule has 0 saturated carbocycles. The number of aliphatic hydroxyl groups excluding tert-OH is 1. The quantitative estimate of drug-likeness (QED) is 0.475. The van der Waals surface area contributed by atoms with Crippen molar-refractivity contribution >= 4 is 31.9 Å². The molecule has 2 N–H and O–H groups in total. The summed E-state index contributed by atoms with van der Waals surface area (Å²) in [6, 6.07) is 13.6. The third-order valence-corrected chi connectivity index (χ3v) is 5.84. The first-order valence-corrected chi connectivity index (χ1v) is 10.7. The minimum absolute atomic E-state index is 0.0454. The number of ether oxygens (including phenoxy) is 1. The lowest BCUT2D eigenvalue weighted by Crippen LogP contribution is -2.44. The van der Waals surface area contributed by atoms with Crippen molar-refractivity contribution < 1.29 is 27.5 Å². The molecule has 0 spiro atoms. The zero-order valence-electron chi connectivity index (χ0n) is 15.0. The summed E-state index contributed by atoms with van der Waals surface area (Å²) in [5, 5.41) is 9.43. The largest absolute Gasteiger partial charge is 0.458 e. The van der Waals surface area contributed by atoms with Crippen LogP contribution in [-0.2, 0) is 26.2 Å². The van der Waals surface area contributed by atoms with Crippen molar-refractivity contribution in [2.75, 3.05) is 6.61 Å². The van der Waals surface area contributed by atoms with Gasteiger partial charge in [-0.3, -0.25) is 4.79 Å². The minimum atomic E-state index is -4.01. The highest BCUT2D eigenvalue weighted by molar-refractivity contribution is 9.10. The fraction of sp³-hybridized carbons (Fsp3) is 0.158. The van der Waals surface area contributed by atoms with Crippen LogP contribution in [-0.4, -0.2) is 37.1 Å². The molecule has 1 heterocycles. The van der Waals surface area contributed by atoms with Gasteiger partial charge in [0.05, 0.1) is 11.5 Å². The average Bonchev–Trinajstić information content (AvgIpc) is 3.20. The molecule has 3 aromatic rings. The third kappa shape index (κ3) is 5.51. The van der Waals surface area contributed by atoms with Gasteiger partial charge in [-0.05, 0) is 36.4 Å². The molecule has 10 heteroatoms. The molecule has 0 saturated heterocycles. The van der Waals surface area contributed by atoms with Crippen LogP contribution in [0.15, 0.2) is 74.6 Å². The van der Waals surface area contributed by atoms with Crippen molar-refractivity contribution in [3.63, 3.8) is 0 Å². The molecule has 2 aromatic carbocycles. The molecular weight excluding hydrogens is 464 g/mol. The highest BCUT2D eigenvalue weighted by Gasteiger charge is 2.26. The van der Waals surface area contributed by atoms with Crippen LogP contribution in [0.2, 0.25) is 0 Å². The average molecular weight is 481 g/mol. The number of halogens is 1. The van der Waals surface area contributed by atoms with E-state index in [0.717, 1.165) is 5.56 Å². The number of oxazole rings is 1. The van der Waals surface area contributed by atoms with E-state index in [1.54, 1.807) is 12.1 Å². The summed E-state index contributed by atoms with van der Waals surface area (Å²) in [4.78, 5) is 16.4. The summed E-state index contributed by atoms with van der Waals surface area (Å²) in [6.07, 6.45) is 1.34. The molecule has 0 fully saturated rings. The second kappa shape index (κ2) is 9.31. The maximum atomic E-state index is 12.4. The lowest BCUT2D eigenvalue weighted by Gasteiger charge is -2.15. The van der Waals surface area contributed by atoms with Crippen LogP contribution in [0.3, 0.4) is 0 Å². The fourth-order valence-corrected chi connectivity index (χ4v) is 3.80. The van der Waals surface area contributed by atoms with E-state index < -0.39 is 28.6 Å². The summed E-state index contributed by atoms with van der Waals surface area (Å²) >= 11 is 3.22. The lowest BCUT2D eigenvalue weighted by molar-refractivity contribution is -0.148. The number of nitrogens with one attached hydrogen (secondary N) is 1. The van der Waals surface area contributed by atoms with Gasteiger partial charge in [0.1, 0.15) is 24.6 Å². The maximum Gasteiger partial charge on any atom is 0.326 e. The summed E-state index contributed by atoms with van der Waals surface area (Å²) in [7, 11) is -4.01. The van der Waals surface area contributed by atoms with Crippen molar-refractivity contribution in [2.45, 2.75) is 17.5 Å². The Morgan fingerprint density at radius 2 is 1.86 bits per heavy atom. The van der Waals surface area contributed by atoms with Crippen LogP contribution >= 0.6 is 15.9 Å². The number of rotatable bonds is 8. The highest BCUT2D eigenvalue weighted by Crippen LogP contribution is 2.18. The van der Waals surface area contributed by atoms with E-state index in [1.807, 2.05) is 30.3 Å². The predicted octanol–water partition coefficient (Wildman–Crippen LogP) is 2.49. The van der Waals surface area contributed by atoms with Crippen LogP contribution < -0.4 is 4.72 Å². The Hall–Kier alpha value is -2.53. The SMILES string of the molecule is O=C(OCc1coc(-c2ccccc2)n1)C(CO)NS(=O)(=O)c1ccc(Br)cc1. The van der Waals surface area contributed by atoms with Crippen LogP contribution in [0.4, 0.5) is 0 Å². The van der Waals surface area contributed by atoms with Gasteiger partial charge >= 0.3 is 5.97 Å². The van der Waals surface area contributed by atoms with E-state index >= 15 is 0 Å². The Balaban J connectivity index is 1.61. The fourth-order valence-electron chi connectivity index (χ4n) is 2.36. The van der Waals surface area contributed by atoms with Crippen LogP contribution in [0.1, 0.15) is 5.69 Å². The monoisotopic (exact) mass is 480 g/mol. The Bertz CT molecular complexity index is 1070. The topological polar surface area (TPSA) is 119 Å². The van der Waals surface area contributed by atoms with Gasteiger partial charge in [0.2, 0.25) is 15.9 Å². The highest BCUT2D eigenvalue weighted by atomic mass is 79.9. The first-order chi connectivity index (χ1) is 13.9.